The summed E-state index contributed by atoms with van der Waals surface area (Å²) in [5, 5.41) is 0.118. The van der Waals surface area contributed by atoms with Crippen LogP contribution in [0.1, 0.15) is 63.7 Å². The second-order valence-electron chi connectivity index (χ2n) is 9.58. The normalized spacial score (nSPS) is 18.0. The molecule has 0 spiro atoms. The third-order valence-electron chi connectivity index (χ3n) is 6.49. The second-order valence-corrected chi connectivity index (χ2v) is 15.2. The van der Waals surface area contributed by atoms with Gasteiger partial charge in [-0.05, 0) is 55.6 Å². The Morgan fingerprint density at radius 1 is 1.07 bits per heavy atom. The Morgan fingerprint density at radius 2 is 1.59 bits per heavy atom. The average molecular weight is 535 g/mol. The van der Waals surface area contributed by atoms with Gasteiger partial charge in [-0.2, -0.15) is 0 Å². The maximum Gasteiger partial charge on any atom is 0.193 e. The van der Waals surface area contributed by atoms with Gasteiger partial charge in [0.05, 0.1) is 32.5 Å². The molecule has 29 heavy (non-hydrogen) atoms. The number of rotatable bonds is 9. The van der Waals surface area contributed by atoms with Crippen molar-refractivity contribution in [3.63, 3.8) is 0 Å². The maximum atomic E-state index is 6.99. The van der Waals surface area contributed by atoms with Crippen molar-refractivity contribution in [2.75, 3.05) is 18.6 Å². The molecule has 0 aliphatic heterocycles. The fourth-order valence-corrected chi connectivity index (χ4v) is 5.53. The summed E-state index contributed by atoms with van der Waals surface area (Å²) in [5.74, 6) is 1.66. The van der Waals surface area contributed by atoms with Crippen molar-refractivity contribution in [2.24, 2.45) is 0 Å². The fourth-order valence-electron chi connectivity index (χ4n) is 3.58. The fraction of sp³-hybridized carbons (Fsp3) is 0.739. The quantitative estimate of drug-likeness (QED) is 0.198. The molecule has 0 saturated heterocycles. The molecule has 2 atom stereocenters. The number of methoxy groups -OCH3 is 2. The van der Waals surface area contributed by atoms with E-state index in [0.717, 1.165) is 39.9 Å². The molecular weight excluding hydrogens is 495 g/mol. The number of ether oxygens (including phenoxy) is 3. The zero-order chi connectivity index (χ0) is 21.8. The molecule has 0 amide bonds. The molecule has 0 aromatic heterocycles. The third-order valence-corrected chi connectivity index (χ3v) is 11.8. The van der Waals surface area contributed by atoms with E-state index >= 15 is 0 Å². The van der Waals surface area contributed by atoms with Gasteiger partial charge in [0, 0.05) is 9.99 Å². The summed E-state index contributed by atoms with van der Waals surface area (Å²) in [6, 6.07) is 4.21. The molecule has 0 radical (unpaired) electrons. The smallest absolute Gasteiger partial charge is 0.193 e. The van der Waals surface area contributed by atoms with Gasteiger partial charge in [-0.1, -0.05) is 56.2 Å². The monoisotopic (exact) mass is 534 g/mol. The number of alkyl halides is 1. The van der Waals surface area contributed by atoms with Crippen molar-refractivity contribution in [2.45, 2.75) is 89.8 Å². The lowest BCUT2D eigenvalue weighted by atomic mass is 10.0. The van der Waals surface area contributed by atoms with Crippen molar-refractivity contribution in [1.29, 1.82) is 0 Å². The van der Waals surface area contributed by atoms with Gasteiger partial charge in [0.15, 0.2) is 8.32 Å². The van der Waals surface area contributed by atoms with Crippen molar-refractivity contribution >= 4 is 30.9 Å². The first-order valence-electron chi connectivity index (χ1n) is 10.7. The molecular formula is C23H39IO4Si. The highest BCUT2D eigenvalue weighted by atomic mass is 127. The minimum atomic E-state index is -2.02. The molecule has 1 saturated carbocycles. The predicted octanol–water partition coefficient (Wildman–Crippen LogP) is 6.84. The maximum absolute atomic E-state index is 6.99. The average Bonchev–Trinajstić information content (AvgIpc) is 3.17. The first-order chi connectivity index (χ1) is 13.5. The Balaban J connectivity index is 2.48. The molecule has 0 heterocycles. The van der Waals surface area contributed by atoms with Crippen molar-refractivity contribution in [1.82, 2.24) is 0 Å². The van der Waals surface area contributed by atoms with Crippen LogP contribution in [0.25, 0.3) is 0 Å². The van der Waals surface area contributed by atoms with Crippen molar-refractivity contribution in [3.8, 4) is 11.5 Å². The predicted molar refractivity (Wildman–Crippen MR) is 131 cm³/mol. The molecule has 2 rings (SSSR count). The van der Waals surface area contributed by atoms with E-state index in [1.54, 1.807) is 14.2 Å². The van der Waals surface area contributed by atoms with Crippen LogP contribution in [-0.2, 0) is 9.16 Å². The van der Waals surface area contributed by atoms with Gasteiger partial charge in [0.2, 0.25) is 0 Å². The van der Waals surface area contributed by atoms with Crippen LogP contribution in [0.15, 0.2) is 12.1 Å². The highest BCUT2D eigenvalue weighted by Gasteiger charge is 2.42. The summed E-state index contributed by atoms with van der Waals surface area (Å²) in [7, 11) is 1.40. The largest absolute Gasteiger partial charge is 0.496 e. The highest BCUT2D eigenvalue weighted by Crippen LogP contribution is 2.43. The molecule has 6 heteroatoms. The molecule has 1 aromatic carbocycles. The molecule has 0 N–H and O–H groups in total. The van der Waals surface area contributed by atoms with Gasteiger partial charge in [0.25, 0.3) is 0 Å². The Labute approximate surface area is 192 Å². The van der Waals surface area contributed by atoms with E-state index in [-0.39, 0.29) is 17.2 Å². The lowest BCUT2D eigenvalue weighted by Crippen LogP contribution is -2.45. The van der Waals surface area contributed by atoms with Crippen LogP contribution in [0.5, 0.6) is 11.5 Å². The summed E-state index contributed by atoms with van der Waals surface area (Å²) in [6.45, 7) is 13.5. The molecule has 166 valence electrons. The highest BCUT2D eigenvalue weighted by molar-refractivity contribution is 14.1. The first-order valence-corrected chi connectivity index (χ1v) is 15.1. The van der Waals surface area contributed by atoms with Crippen LogP contribution < -0.4 is 9.47 Å². The second kappa shape index (κ2) is 10.3. The minimum absolute atomic E-state index is 0.00458. The van der Waals surface area contributed by atoms with Crippen LogP contribution in [-0.4, -0.2) is 39.2 Å². The summed E-state index contributed by atoms with van der Waals surface area (Å²) in [4.78, 5) is 0. The molecule has 0 bridgehead atoms. The lowest BCUT2D eigenvalue weighted by molar-refractivity contribution is -0.0571. The minimum Gasteiger partial charge on any atom is -0.496 e. The van der Waals surface area contributed by atoms with E-state index in [0.29, 0.717) is 6.10 Å². The first kappa shape index (κ1) is 25.0. The summed E-state index contributed by atoms with van der Waals surface area (Å²) >= 11 is 2.44. The van der Waals surface area contributed by atoms with Gasteiger partial charge in [-0.3, -0.25) is 0 Å². The lowest BCUT2D eigenvalue weighted by Gasteiger charge is -2.42. The molecule has 0 unspecified atom stereocenters. The Hall–Kier alpha value is -0.313. The number of benzene rings is 1. The van der Waals surface area contributed by atoms with Gasteiger partial charge < -0.3 is 18.6 Å². The molecule has 1 aliphatic rings. The summed E-state index contributed by atoms with van der Waals surface area (Å²) in [6.07, 6.45) is 5.04. The third kappa shape index (κ3) is 6.11. The van der Waals surface area contributed by atoms with Crippen LogP contribution in [0.2, 0.25) is 18.1 Å². The Morgan fingerprint density at radius 3 is 2.00 bits per heavy atom. The van der Waals surface area contributed by atoms with Gasteiger partial charge in [-0.15, -0.1) is 0 Å². The van der Waals surface area contributed by atoms with E-state index in [1.165, 1.54) is 12.8 Å². The summed E-state index contributed by atoms with van der Waals surface area (Å²) in [5.41, 5.74) is 2.08. The number of hydrogen-bond donors (Lipinski definition) is 0. The Bertz CT molecular complexity index is 640. The standard InChI is InChI=1S/C23H39IO4Si/c1-16-19(25-5)13-17(14-20(16)26-6)22(28-29(7,8)23(2,3)4)21(15-24)27-18-11-9-10-12-18/h13-14,18,21-22H,9-12,15H2,1-8H3/t21-,22+/m0/s1. The number of hydrogen-bond acceptors (Lipinski definition) is 4. The van der Waals surface area contributed by atoms with Crippen molar-refractivity contribution in [3.05, 3.63) is 23.3 Å². The molecule has 1 fully saturated rings. The van der Waals surface area contributed by atoms with E-state index in [4.69, 9.17) is 18.6 Å². The van der Waals surface area contributed by atoms with E-state index < -0.39 is 8.32 Å². The van der Waals surface area contributed by atoms with Gasteiger partial charge in [-0.25, -0.2) is 0 Å². The zero-order valence-electron chi connectivity index (χ0n) is 19.4. The summed E-state index contributed by atoms with van der Waals surface area (Å²) < 4.78 is 25.8. The van der Waals surface area contributed by atoms with Crippen LogP contribution in [0.3, 0.4) is 0 Å². The molecule has 1 aliphatic carbocycles. The van der Waals surface area contributed by atoms with Crippen LogP contribution in [0.4, 0.5) is 0 Å². The SMILES string of the molecule is COc1cc([C@@H](O[Si](C)(C)C(C)(C)C)[C@H](CI)OC2CCCC2)cc(OC)c1C. The van der Waals surface area contributed by atoms with E-state index in [9.17, 15) is 0 Å². The van der Waals surface area contributed by atoms with Gasteiger partial charge >= 0.3 is 0 Å². The molecule has 1 aromatic rings. The van der Waals surface area contributed by atoms with E-state index in [2.05, 4.69) is 68.6 Å². The van der Waals surface area contributed by atoms with Crippen molar-refractivity contribution < 1.29 is 18.6 Å². The molecule has 4 nitrogen and oxygen atoms in total. The van der Waals surface area contributed by atoms with Crippen LogP contribution in [0, 0.1) is 6.92 Å². The zero-order valence-corrected chi connectivity index (χ0v) is 22.6. The topological polar surface area (TPSA) is 36.9 Å². The number of halogens is 1. The van der Waals surface area contributed by atoms with E-state index in [1.807, 2.05) is 6.92 Å². The Kier molecular flexibility index (Phi) is 8.89. The van der Waals surface area contributed by atoms with Crippen LogP contribution >= 0.6 is 22.6 Å². The van der Waals surface area contributed by atoms with Gasteiger partial charge in [0.1, 0.15) is 11.5 Å².